The average Bonchev–Trinajstić information content (AvgIpc) is 3.28. The summed E-state index contributed by atoms with van der Waals surface area (Å²) in [6.07, 6.45) is -0.0167. The fourth-order valence-corrected chi connectivity index (χ4v) is 5.08. The molecule has 0 spiro atoms. The topological polar surface area (TPSA) is 69.4 Å². The Hall–Kier alpha value is -3.27. The highest BCUT2D eigenvalue weighted by molar-refractivity contribution is 7.86. The van der Waals surface area contributed by atoms with Gasteiger partial charge < -0.3 is 9.29 Å². The molecule has 1 aliphatic carbocycles. The molecular formula is C29H28F3NO4S. The summed E-state index contributed by atoms with van der Waals surface area (Å²) in [6.45, 7) is 7.35. The lowest BCUT2D eigenvalue weighted by molar-refractivity contribution is -0.575. The standard InChI is InChI=1S/C28H28NO.CHF3O3S/c1-5-30-27-25(26(29(4)28(27,2)3)19-13-7-6-8-14-19)24-22-17-11-9-15-20(22)21-16-10-12-18-23(21)24;2-1(3,4)8(5,6)7/h6-18,27H,5H2,1-4H3;(H,5,6,7)/q+1;/p-1. The molecule has 1 atom stereocenters. The lowest BCUT2D eigenvalue weighted by atomic mass is 9.85. The number of rotatable bonds is 3. The van der Waals surface area contributed by atoms with E-state index >= 15 is 0 Å². The average molecular weight is 544 g/mol. The Morgan fingerprint density at radius 1 is 0.868 bits per heavy atom. The van der Waals surface area contributed by atoms with Gasteiger partial charge >= 0.3 is 5.51 Å². The van der Waals surface area contributed by atoms with E-state index in [1.807, 2.05) is 0 Å². The molecule has 5 rings (SSSR count). The summed E-state index contributed by atoms with van der Waals surface area (Å²) in [5, 5.41) is 0. The van der Waals surface area contributed by atoms with E-state index in [0.29, 0.717) is 6.61 Å². The molecule has 1 aliphatic heterocycles. The van der Waals surface area contributed by atoms with Crippen molar-refractivity contribution in [3.8, 4) is 11.1 Å². The third-order valence-electron chi connectivity index (χ3n) is 6.98. The van der Waals surface area contributed by atoms with E-state index in [1.165, 1.54) is 44.7 Å². The van der Waals surface area contributed by atoms with Crippen molar-refractivity contribution in [3.63, 3.8) is 0 Å². The first-order valence-electron chi connectivity index (χ1n) is 12.0. The van der Waals surface area contributed by atoms with Crippen LogP contribution >= 0.6 is 0 Å². The van der Waals surface area contributed by atoms with Gasteiger partial charge in [0.1, 0.15) is 7.05 Å². The third kappa shape index (κ3) is 4.81. The van der Waals surface area contributed by atoms with Gasteiger partial charge in [-0.05, 0) is 41.3 Å². The molecule has 0 radical (unpaired) electrons. The number of nitrogens with zero attached hydrogens (tertiary/aromatic N) is 1. The summed E-state index contributed by atoms with van der Waals surface area (Å²) in [5.41, 5.74) is 4.54. The van der Waals surface area contributed by atoms with Crippen LogP contribution in [-0.4, -0.2) is 54.1 Å². The third-order valence-corrected chi connectivity index (χ3v) is 7.54. The summed E-state index contributed by atoms with van der Waals surface area (Å²) in [7, 11) is -3.89. The molecule has 0 bridgehead atoms. The molecule has 2 aliphatic rings. The van der Waals surface area contributed by atoms with Crippen LogP contribution in [0.1, 0.15) is 37.5 Å². The quantitative estimate of drug-likeness (QED) is 0.185. The lowest BCUT2D eigenvalue weighted by Crippen LogP contribution is -2.42. The molecule has 0 saturated carbocycles. The minimum atomic E-state index is -6.09. The van der Waals surface area contributed by atoms with Gasteiger partial charge in [0.25, 0.3) is 0 Å². The maximum Gasteiger partial charge on any atom is 0.485 e. The minimum Gasteiger partial charge on any atom is -0.741 e. The summed E-state index contributed by atoms with van der Waals surface area (Å²) in [5.74, 6) is 0. The van der Waals surface area contributed by atoms with Crippen LogP contribution in [0, 0.1) is 0 Å². The molecule has 0 saturated heterocycles. The molecule has 3 aromatic rings. The highest BCUT2D eigenvalue weighted by Gasteiger charge is 2.53. The number of ether oxygens (including phenoxy) is 1. The van der Waals surface area contributed by atoms with Crippen molar-refractivity contribution in [2.75, 3.05) is 13.7 Å². The zero-order valence-corrected chi connectivity index (χ0v) is 22.2. The maximum absolute atomic E-state index is 10.7. The molecule has 38 heavy (non-hydrogen) atoms. The Balaban J connectivity index is 0.000000368. The van der Waals surface area contributed by atoms with Gasteiger partial charge in [0.15, 0.2) is 21.8 Å². The van der Waals surface area contributed by atoms with Crippen molar-refractivity contribution in [1.82, 2.24) is 0 Å². The molecule has 1 unspecified atom stereocenters. The Labute approximate surface area is 220 Å². The number of benzene rings is 3. The van der Waals surface area contributed by atoms with E-state index in [2.05, 4.69) is 111 Å². The number of halogens is 3. The molecule has 0 amide bonds. The second-order valence-electron chi connectivity index (χ2n) is 9.54. The molecule has 0 N–H and O–H groups in total. The number of alkyl halides is 3. The molecular weight excluding hydrogens is 515 g/mol. The predicted molar refractivity (Wildman–Crippen MR) is 140 cm³/mol. The molecule has 5 nitrogen and oxygen atoms in total. The first-order chi connectivity index (χ1) is 17.8. The molecule has 9 heteroatoms. The van der Waals surface area contributed by atoms with Crippen molar-refractivity contribution in [3.05, 3.63) is 101 Å². The van der Waals surface area contributed by atoms with Crippen molar-refractivity contribution < 1.29 is 35.5 Å². The molecule has 1 heterocycles. The van der Waals surface area contributed by atoms with E-state index in [0.717, 1.165) is 0 Å². The Morgan fingerprint density at radius 2 is 1.29 bits per heavy atom. The van der Waals surface area contributed by atoms with Crippen molar-refractivity contribution in [2.45, 2.75) is 37.9 Å². The molecule has 3 aromatic carbocycles. The molecule has 0 fully saturated rings. The van der Waals surface area contributed by atoms with Gasteiger partial charge in [-0.1, -0.05) is 66.7 Å². The number of hydrogen-bond acceptors (Lipinski definition) is 4. The van der Waals surface area contributed by atoms with E-state index in [-0.39, 0.29) is 11.6 Å². The van der Waals surface area contributed by atoms with E-state index in [4.69, 9.17) is 17.7 Å². The minimum absolute atomic E-state index is 0.0167. The van der Waals surface area contributed by atoms with E-state index < -0.39 is 15.6 Å². The van der Waals surface area contributed by atoms with Crippen LogP contribution in [0.4, 0.5) is 13.2 Å². The van der Waals surface area contributed by atoms with Crippen LogP contribution in [0.3, 0.4) is 0 Å². The zero-order valence-electron chi connectivity index (χ0n) is 21.4. The maximum atomic E-state index is 10.7. The van der Waals surface area contributed by atoms with Gasteiger partial charge in [0.05, 0.1) is 5.57 Å². The first kappa shape index (κ1) is 27.8. The highest BCUT2D eigenvalue weighted by Crippen LogP contribution is 2.49. The van der Waals surface area contributed by atoms with Gasteiger partial charge in [-0.3, -0.25) is 0 Å². The Morgan fingerprint density at radius 3 is 1.71 bits per heavy atom. The van der Waals surface area contributed by atoms with Crippen LogP contribution in [-0.2, 0) is 14.9 Å². The van der Waals surface area contributed by atoms with Crippen molar-refractivity contribution >= 4 is 21.4 Å². The summed E-state index contributed by atoms with van der Waals surface area (Å²) >= 11 is 0. The van der Waals surface area contributed by atoms with Crippen LogP contribution in [0.15, 0.2) is 84.4 Å². The van der Waals surface area contributed by atoms with Gasteiger partial charge in [0, 0.05) is 31.6 Å². The van der Waals surface area contributed by atoms with E-state index in [1.54, 1.807) is 0 Å². The second kappa shape index (κ2) is 10.1. The van der Waals surface area contributed by atoms with Crippen LogP contribution < -0.4 is 0 Å². The van der Waals surface area contributed by atoms with Gasteiger partial charge in [0.2, 0.25) is 5.71 Å². The zero-order chi connectivity index (χ0) is 27.9. The molecule has 0 aromatic heterocycles. The Bertz CT molecular complexity index is 1480. The van der Waals surface area contributed by atoms with Gasteiger partial charge in [-0.15, -0.1) is 0 Å². The fraction of sp³-hybridized carbons (Fsp3) is 0.276. The SMILES string of the molecule is CCOC1C(=C2c3ccccc3-c3ccccc32)C(c2ccccc2)=[N+](C)C1(C)C.O=S(=O)([O-])C(F)(F)F. The number of fused-ring (bicyclic) bond motifs is 3. The van der Waals surface area contributed by atoms with Crippen LogP contribution in [0.2, 0.25) is 0 Å². The number of likely N-dealkylation sites (N-methyl/N-ethyl adjacent to an activating group) is 1. The largest absolute Gasteiger partial charge is 0.741 e. The smallest absolute Gasteiger partial charge is 0.485 e. The molecule has 200 valence electrons. The first-order valence-corrected chi connectivity index (χ1v) is 13.4. The van der Waals surface area contributed by atoms with Crippen LogP contribution in [0.5, 0.6) is 0 Å². The Kier molecular flexibility index (Phi) is 7.40. The summed E-state index contributed by atoms with van der Waals surface area (Å²) < 4.78 is 67.8. The van der Waals surface area contributed by atoms with Crippen molar-refractivity contribution in [2.24, 2.45) is 0 Å². The predicted octanol–water partition coefficient (Wildman–Crippen LogP) is 5.85. The summed E-state index contributed by atoms with van der Waals surface area (Å²) in [6, 6.07) is 28.3. The van der Waals surface area contributed by atoms with Crippen molar-refractivity contribution in [1.29, 1.82) is 0 Å². The second-order valence-corrected chi connectivity index (χ2v) is 10.9. The lowest BCUT2D eigenvalue weighted by Gasteiger charge is -2.24. The number of hydrogen-bond donors (Lipinski definition) is 0. The highest BCUT2D eigenvalue weighted by atomic mass is 32.2. The monoisotopic (exact) mass is 543 g/mol. The van der Waals surface area contributed by atoms with Gasteiger partial charge in [-0.25, -0.2) is 13.0 Å². The summed E-state index contributed by atoms with van der Waals surface area (Å²) in [4.78, 5) is 0. The fourth-order valence-electron chi connectivity index (χ4n) is 5.08. The van der Waals surface area contributed by atoms with E-state index in [9.17, 15) is 13.2 Å². The van der Waals surface area contributed by atoms with Gasteiger partial charge in [-0.2, -0.15) is 13.2 Å². The normalized spacial score (nSPS) is 18.2. The van der Waals surface area contributed by atoms with Crippen LogP contribution in [0.25, 0.3) is 16.7 Å².